The number of hydrogen-bond acceptors (Lipinski definition) is 8. The lowest BCUT2D eigenvalue weighted by atomic mass is 9.95. The fraction of sp³-hybridized carbons (Fsp3) is 0.115. The van der Waals surface area contributed by atoms with Gasteiger partial charge in [-0.05, 0) is 47.5 Å². The molecule has 0 saturated carbocycles. The third-order valence-corrected chi connectivity index (χ3v) is 5.77. The molecule has 1 aliphatic rings. The number of Topliss-reactive ketones (excluding diaryl/α,β-unsaturated/α-hetero) is 1. The Hall–Kier alpha value is -4.99. The van der Waals surface area contributed by atoms with Gasteiger partial charge in [0.05, 0.1) is 30.1 Å². The van der Waals surface area contributed by atoms with Gasteiger partial charge in [0.2, 0.25) is 0 Å². The van der Waals surface area contributed by atoms with E-state index in [1.807, 2.05) is 0 Å². The summed E-state index contributed by atoms with van der Waals surface area (Å²) in [4.78, 5) is 49.5. The number of benzene rings is 3. The molecule has 1 atom stereocenters. The predicted octanol–water partition coefficient (Wildman–Crippen LogP) is 3.64. The number of hydrogen-bond donors (Lipinski definition) is 2. The van der Waals surface area contributed by atoms with Crippen molar-refractivity contribution in [1.29, 1.82) is 0 Å². The van der Waals surface area contributed by atoms with Crippen LogP contribution in [0.2, 0.25) is 0 Å². The minimum absolute atomic E-state index is 0.0196. The zero-order valence-corrected chi connectivity index (χ0v) is 19.0. The van der Waals surface area contributed by atoms with Gasteiger partial charge in [-0.2, -0.15) is 0 Å². The topological polar surface area (TPSA) is 147 Å². The van der Waals surface area contributed by atoms with Crippen LogP contribution in [0.15, 0.2) is 78.4 Å². The monoisotopic (exact) mass is 488 g/mol. The number of esters is 1. The Bertz CT molecular complexity index is 1390. The van der Waals surface area contributed by atoms with Crippen LogP contribution in [0.3, 0.4) is 0 Å². The van der Waals surface area contributed by atoms with Gasteiger partial charge < -0.3 is 14.9 Å². The Morgan fingerprint density at radius 2 is 1.72 bits per heavy atom. The van der Waals surface area contributed by atoms with Crippen LogP contribution in [0, 0.1) is 10.1 Å². The molecule has 0 spiro atoms. The van der Waals surface area contributed by atoms with Gasteiger partial charge in [-0.3, -0.25) is 29.4 Å². The standard InChI is InChI=1S/C26H20N2O8/c1-36-21(30)13-15-5-9-18(10-6-15)27-23(17-3-2-4-20(29)14-17)22(25(32)26(27)33)24(31)16-7-11-19(12-8-16)28(34)35/h2-12,14,23,29,31H,13H2,1H3/b24-22-. The number of anilines is 1. The normalized spacial score (nSPS) is 16.7. The summed E-state index contributed by atoms with van der Waals surface area (Å²) < 4.78 is 4.66. The van der Waals surface area contributed by atoms with E-state index in [1.54, 1.807) is 30.3 Å². The summed E-state index contributed by atoms with van der Waals surface area (Å²) in [6.45, 7) is 0. The fourth-order valence-corrected chi connectivity index (χ4v) is 4.02. The molecule has 3 aromatic carbocycles. The highest BCUT2D eigenvalue weighted by Gasteiger charge is 2.47. The number of aliphatic hydroxyl groups is 1. The van der Waals surface area contributed by atoms with Crippen molar-refractivity contribution in [2.45, 2.75) is 12.5 Å². The predicted molar refractivity (Wildman–Crippen MR) is 128 cm³/mol. The molecule has 10 heteroatoms. The molecule has 36 heavy (non-hydrogen) atoms. The average molecular weight is 488 g/mol. The number of nitro groups is 1. The number of carbonyl (C=O) groups is 3. The summed E-state index contributed by atoms with van der Waals surface area (Å²) in [5, 5.41) is 32.1. The molecule has 4 rings (SSSR count). The van der Waals surface area contributed by atoms with Crippen LogP contribution < -0.4 is 4.90 Å². The van der Waals surface area contributed by atoms with E-state index in [0.717, 1.165) is 0 Å². The molecule has 182 valence electrons. The van der Waals surface area contributed by atoms with Crippen molar-refractivity contribution in [3.05, 3.63) is 105 Å². The lowest BCUT2D eigenvalue weighted by Gasteiger charge is -2.25. The van der Waals surface area contributed by atoms with Gasteiger partial charge in [0.1, 0.15) is 11.5 Å². The number of methoxy groups -OCH3 is 1. The largest absolute Gasteiger partial charge is 0.508 e. The molecule has 3 aromatic rings. The first-order valence-electron chi connectivity index (χ1n) is 10.7. The van der Waals surface area contributed by atoms with Crippen molar-refractivity contribution in [3.8, 4) is 5.75 Å². The minimum Gasteiger partial charge on any atom is -0.508 e. The van der Waals surface area contributed by atoms with Gasteiger partial charge in [-0.25, -0.2) is 0 Å². The van der Waals surface area contributed by atoms with Gasteiger partial charge in [0.25, 0.3) is 17.4 Å². The van der Waals surface area contributed by atoms with Crippen molar-refractivity contribution in [2.75, 3.05) is 12.0 Å². The molecule has 0 radical (unpaired) electrons. The molecule has 10 nitrogen and oxygen atoms in total. The quantitative estimate of drug-likeness (QED) is 0.133. The van der Waals surface area contributed by atoms with E-state index >= 15 is 0 Å². The van der Waals surface area contributed by atoms with Crippen molar-refractivity contribution in [2.24, 2.45) is 0 Å². The first-order valence-corrected chi connectivity index (χ1v) is 10.7. The van der Waals surface area contributed by atoms with E-state index < -0.39 is 34.4 Å². The second-order valence-corrected chi connectivity index (χ2v) is 7.99. The third kappa shape index (κ3) is 4.51. The first-order chi connectivity index (χ1) is 17.2. The number of rotatable bonds is 6. The van der Waals surface area contributed by atoms with E-state index in [4.69, 9.17) is 0 Å². The van der Waals surface area contributed by atoms with Gasteiger partial charge in [0.15, 0.2) is 0 Å². The maximum absolute atomic E-state index is 13.2. The van der Waals surface area contributed by atoms with Gasteiger partial charge in [0, 0.05) is 23.4 Å². The molecule has 0 aromatic heterocycles. The smallest absolute Gasteiger partial charge is 0.309 e. The lowest BCUT2D eigenvalue weighted by Crippen LogP contribution is -2.29. The number of ether oxygens (including phenoxy) is 1. The lowest BCUT2D eigenvalue weighted by molar-refractivity contribution is -0.384. The van der Waals surface area contributed by atoms with E-state index in [2.05, 4.69) is 4.74 Å². The van der Waals surface area contributed by atoms with Crippen LogP contribution in [0.4, 0.5) is 11.4 Å². The molecule has 1 fully saturated rings. The molecule has 1 heterocycles. The molecule has 1 aliphatic heterocycles. The third-order valence-electron chi connectivity index (χ3n) is 5.77. The molecule has 1 amide bonds. The Morgan fingerprint density at radius 1 is 1.06 bits per heavy atom. The number of ketones is 1. The van der Waals surface area contributed by atoms with Gasteiger partial charge in [-0.15, -0.1) is 0 Å². The Labute approximate surface area is 204 Å². The number of phenolic OH excluding ortho intramolecular Hbond substituents is 1. The molecule has 1 saturated heterocycles. The van der Waals surface area contributed by atoms with Crippen molar-refractivity contribution < 1.29 is 34.3 Å². The van der Waals surface area contributed by atoms with E-state index in [9.17, 15) is 34.7 Å². The van der Waals surface area contributed by atoms with Crippen LogP contribution in [0.1, 0.15) is 22.7 Å². The van der Waals surface area contributed by atoms with Crippen molar-refractivity contribution >= 4 is 34.8 Å². The van der Waals surface area contributed by atoms with E-state index in [0.29, 0.717) is 16.8 Å². The number of nitrogens with zero attached hydrogens (tertiary/aromatic N) is 2. The summed E-state index contributed by atoms with van der Waals surface area (Å²) in [6, 6.07) is 16.1. The van der Waals surface area contributed by atoms with Crippen LogP contribution in [-0.2, 0) is 25.5 Å². The maximum Gasteiger partial charge on any atom is 0.309 e. The van der Waals surface area contributed by atoms with Crippen LogP contribution in [0.5, 0.6) is 5.75 Å². The average Bonchev–Trinajstić information content (AvgIpc) is 3.14. The zero-order valence-electron chi connectivity index (χ0n) is 19.0. The number of aromatic hydroxyl groups is 1. The minimum atomic E-state index is -1.10. The highest BCUT2D eigenvalue weighted by atomic mass is 16.6. The second kappa shape index (κ2) is 9.71. The first kappa shape index (κ1) is 24.1. The number of amides is 1. The Kier molecular flexibility index (Phi) is 6.51. The number of carbonyl (C=O) groups excluding carboxylic acids is 3. The Morgan fingerprint density at radius 3 is 2.31 bits per heavy atom. The molecule has 0 bridgehead atoms. The van der Waals surface area contributed by atoms with Crippen molar-refractivity contribution in [3.63, 3.8) is 0 Å². The van der Waals surface area contributed by atoms with E-state index in [-0.39, 0.29) is 29.0 Å². The van der Waals surface area contributed by atoms with E-state index in [1.165, 1.54) is 54.5 Å². The fourth-order valence-electron chi connectivity index (χ4n) is 4.02. The summed E-state index contributed by atoms with van der Waals surface area (Å²) in [5.41, 5.74) is 0.971. The maximum atomic E-state index is 13.2. The SMILES string of the molecule is COC(=O)Cc1ccc(N2C(=O)C(=O)/C(=C(\O)c3ccc([N+](=O)[O-])cc3)C2c2cccc(O)c2)cc1. The van der Waals surface area contributed by atoms with Crippen LogP contribution in [-0.4, -0.2) is 39.9 Å². The zero-order chi connectivity index (χ0) is 26.0. The molecule has 2 N–H and O–H groups in total. The molecule has 0 aliphatic carbocycles. The highest BCUT2D eigenvalue weighted by Crippen LogP contribution is 2.42. The molecular formula is C26H20N2O8. The Balaban J connectivity index is 1.84. The number of aliphatic hydroxyl groups excluding tert-OH is 1. The van der Waals surface area contributed by atoms with Crippen LogP contribution >= 0.6 is 0 Å². The van der Waals surface area contributed by atoms with Crippen molar-refractivity contribution in [1.82, 2.24) is 0 Å². The van der Waals surface area contributed by atoms with Crippen LogP contribution in [0.25, 0.3) is 5.76 Å². The second-order valence-electron chi connectivity index (χ2n) is 7.99. The molecular weight excluding hydrogens is 468 g/mol. The summed E-state index contributed by atoms with van der Waals surface area (Å²) in [5.74, 6) is -2.93. The summed E-state index contributed by atoms with van der Waals surface area (Å²) in [7, 11) is 1.27. The van der Waals surface area contributed by atoms with Gasteiger partial charge in [-0.1, -0.05) is 24.3 Å². The number of nitro benzene ring substituents is 1. The summed E-state index contributed by atoms with van der Waals surface area (Å²) >= 11 is 0. The molecule has 1 unspecified atom stereocenters. The number of non-ortho nitro benzene ring substituents is 1. The number of phenols is 1. The summed E-state index contributed by atoms with van der Waals surface area (Å²) in [6.07, 6.45) is 0.0196. The van der Waals surface area contributed by atoms with Gasteiger partial charge >= 0.3 is 5.97 Å². The highest BCUT2D eigenvalue weighted by molar-refractivity contribution is 6.51.